The van der Waals surface area contributed by atoms with Crippen LogP contribution in [0.4, 0.5) is 0 Å². The lowest BCUT2D eigenvalue weighted by Gasteiger charge is -2.67. The van der Waals surface area contributed by atoms with E-state index in [0.717, 1.165) is 48.5 Å². The van der Waals surface area contributed by atoms with Gasteiger partial charge >= 0.3 is 47.8 Å². The molecular weight excluding hydrogens is 758 g/mol. The summed E-state index contributed by atoms with van der Waals surface area (Å²) in [7, 11) is 0. The highest BCUT2D eigenvalue weighted by Crippen LogP contribution is 2.70. The van der Waals surface area contributed by atoms with Crippen molar-refractivity contribution in [3.05, 3.63) is 29.6 Å². The van der Waals surface area contributed by atoms with Crippen LogP contribution in [-0.4, -0.2) is 124 Å². The highest BCUT2D eigenvalue weighted by molar-refractivity contribution is 5.90. The van der Waals surface area contributed by atoms with E-state index >= 15 is 0 Å². The van der Waals surface area contributed by atoms with Crippen molar-refractivity contribution in [1.82, 2.24) is 4.98 Å². The number of cyclic esters (lactones) is 1. The number of pyridine rings is 1. The molecule has 1 aromatic rings. The van der Waals surface area contributed by atoms with Crippen molar-refractivity contribution >= 4 is 47.8 Å². The van der Waals surface area contributed by atoms with Gasteiger partial charge in [0.2, 0.25) is 0 Å². The minimum Gasteiger partial charge on any atom is -0.465 e. The van der Waals surface area contributed by atoms with Gasteiger partial charge in [0.1, 0.15) is 42.0 Å². The second-order valence-electron chi connectivity index (χ2n) is 15.3. The van der Waals surface area contributed by atoms with E-state index in [-0.39, 0.29) is 24.1 Å². The predicted molar refractivity (Wildman–Crippen MR) is 185 cm³/mol. The molecule has 3 fully saturated rings. The largest absolute Gasteiger partial charge is 0.465 e. The molecule has 19 nitrogen and oxygen atoms in total. The lowest BCUT2D eigenvalue weighted by Crippen LogP contribution is -2.89. The molecule has 2 aliphatic heterocycles. The van der Waals surface area contributed by atoms with Crippen molar-refractivity contribution < 1.29 is 86.1 Å². The molecule has 4 unspecified atom stereocenters. The maximum Gasteiger partial charge on any atom is 0.340 e. The first-order valence-corrected chi connectivity index (χ1v) is 18.3. The number of ether oxygens (including phenoxy) is 9. The van der Waals surface area contributed by atoms with Crippen LogP contribution < -0.4 is 0 Å². The molecule has 2 saturated carbocycles. The fourth-order valence-corrected chi connectivity index (χ4v) is 9.16. The summed E-state index contributed by atoms with van der Waals surface area (Å²) < 4.78 is 54.2. The number of rotatable bonds is 7. The third kappa shape index (κ3) is 7.30. The van der Waals surface area contributed by atoms with Crippen LogP contribution in [0.3, 0.4) is 0 Å². The van der Waals surface area contributed by atoms with Crippen molar-refractivity contribution in [2.75, 3.05) is 13.2 Å². The molecule has 19 heteroatoms. The van der Waals surface area contributed by atoms with E-state index in [2.05, 4.69) is 4.98 Å². The number of carbonyl (C=O) groups excluding carboxylic acids is 8. The van der Waals surface area contributed by atoms with Gasteiger partial charge in [-0.2, -0.15) is 0 Å². The van der Waals surface area contributed by atoms with Crippen LogP contribution in [-0.2, 0) is 82.6 Å². The van der Waals surface area contributed by atoms with E-state index in [9.17, 15) is 43.5 Å². The zero-order chi connectivity index (χ0) is 42.4. The van der Waals surface area contributed by atoms with Crippen LogP contribution in [0.5, 0.6) is 0 Å². The standard InChI is InChI=1S/C38H47NO18/c1-17-12-13-25-24(11-10-14-39-25)34(47)50-15-35(8)26-27(51-19(3)41)31(54-22(6)44)37(16-49-18(2)40)32(55-23(7)45)28(52-20(4)42)30(56-33(17)46)36(9,48)38(37,57-35)29(26)53-21(5)43/h10-11,14,17,26-32,48H,12-13,15-16H2,1-9H3/t17?,26?,27-,28+,29-,30?,31-,32+,35+,36+,37-,38?/m1/s1. The molecule has 2 aliphatic carbocycles. The third-order valence-corrected chi connectivity index (χ3v) is 11.1. The van der Waals surface area contributed by atoms with Gasteiger partial charge in [-0.15, -0.1) is 0 Å². The van der Waals surface area contributed by atoms with Gasteiger partial charge < -0.3 is 47.7 Å². The average molecular weight is 806 g/mol. The van der Waals surface area contributed by atoms with E-state index < -0.39 is 132 Å². The van der Waals surface area contributed by atoms with Crippen LogP contribution in [0.15, 0.2) is 18.3 Å². The van der Waals surface area contributed by atoms with Gasteiger partial charge in [0, 0.05) is 47.7 Å². The van der Waals surface area contributed by atoms with Crippen LogP contribution in [0.25, 0.3) is 0 Å². The Kier molecular flexibility index (Phi) is 11.8. The zero-order valence-electron chi connectivity index (χ0n) is 33.0. The molecule has 0 amide bonds. The summed E-state index contributed by atoms with van der Waals surface area (Å²) >= 11 is 0. The fraction of sp³-hybridized carbons (Fsp3) is 0.658. The maximum atomic E-state index is 14.1. The van der Waals surface area contributed by atoms with Crippen molar-refractivity contribution in [3.8, 4) is 0 Å². The van der Waals surface area contributed by atoms with Crippen LogP contribution in [0, 0.1) is 17.3 Å². The molecule has 4 bridgehead atoms. The van der Waals surface area contributed by atoms with E-state index in [1.165, 1.54) is 32.2 Å². The lowest BCUT2D eigenvalue weighted by atomic mass is 9.45. The molecule has 4 aliphatic rings. The summed E-state index contributed by atoms with van der Waals surface area (Å²) in [5.74, 6) is -10.5. The van der Waals surface area contributed by atoms with Gasteiger partial charge in [-0.3, -0.25) is 38.5 Å². The average Bonchev–Trinajstić information content (AvgIpc) is 3.32. The van der Waals surface area contributed by atoms with Gasteiger partial charge in [-0.1, -0.05) is 6.92 Å². The number of nitrogens with zero attached hydrogens (tertiary/aromatic N) is 1. The number of hydrogen-bond donors (Lipinski definition) is 1. The number of aromatic nitrogens is 1. The number of aliphatic hydroxyl groups is 1. The molecule has 57 heavy (non-hydrogen) atoms. The number of fused-ring (bicyclic) bond motifs is 5. The molecule has 1 saturated heterocycles. The summed E-state index contributed by atoms with van der Waals surface area (Å²) in [6, 6.07) is 2.95. The van der Waals surface area contributed by atoms with E-state index in [4.69, 9.17) is 42.6 Å². The first kappa shape index (κ1) is 43.0. The topological polar surface area (TPSA) is 253 Å². The Hall–Kier alpha value is -5.17. The minimum absolute atomic E-state index is 0.0290. The molecule has 3 heterocycles. The van der Waals surface area contributed by atoms with Gasteiger partial charge in [0.15, 0.2) is 30.0 Å². The predicted octanol–water partition coefficient (Wildman–Crippen LogP) is 0.863. The third-order valence-electron chi connectivity index (χ3n) is 11.1. The smallest absolute Gasteiger partial charge is 0.340 e. The van der Waals surface area contributed by atoms with Gasteiger partial charge in [0.25, 0.3) is 0 Å². The maximum absolute atomic E-state index is 14.1. The van der Waals surface area contributed by atoms with Crippen LogP contribution in [0.2, 0.25) is 0 Å². The molecule has 5 rings (SSSR count). The first-order chi connectivity index (χ1) is 26.5. The quantitative estimate of drug-likeness (QED) is 0.296. The molecule has 12 atom stereocenters. The first-order valence-electron chi connectivity index (χ1n) is 18.3. The Morgan fingerprint density at radius 3 is 1.91 bits per heavy atom. The highest BCUT2D eigenvalue weighted by atomic mass is 16.7. The van der Waals surface area contributed by atoms with Crippen molar-refractivity contribution in [3.63, 3.8) is 0 Å². The molecule has 1 aromatic heterocycles. The number of carbonyl (C=O) groups is 8. The Labute approximate surface area is 327 Å². The Balaban J connectivity index is 1.99. The second kappa shape index (κ2) is 15.6. The van der Waals surface area contributed by atoms with Gasteiger partial charge in [-0.05, 0) is 38.8 Å². The van der Waals surface area contributed by atoms with Crippen LogP contribution >= 0.6 is 0 Å². The summed E-state index contributed by atoms with van der Waals surface area (Å²) in [5, 5.41) is 13.4. The number of hydrogen-bond acceptors (Lipinski definition) is 19. The summed E-state index contributed by atoms with van der Waals surface area (Å²) in [6.07, 6.45) is -10.3. The number of esters is 8. The van der Waals surface area contributed by atoms with Crippen molar-refractivity contribution in [1.29, 1.82) is 0 Å². The van der Waals surface area contributed by atoms with Gasteiger partial charge in [0.05, 0.1) is 23.1 Å². The van der Waals surface area contributed by atoms with Crippen LogP contribution in [0.1, 0.15) is 84.8 Å². The molecule has 312 valence electrons. The fourth-order valence-electron chi connectivity index (χ4n) is 9.16. The molecule has 0 aromatic carbocycles. The van der Waals surface area contributed by atoms with E-state index in [0.29, 0.717) is 0 Å². The normalized spacial score (nSPS) is 37.1. The summed E-state index contributed by atoms with van der Waals surface area (Å²) in [5.41, 5.74) is -9.87. The molecular formula is C38H47NO18. The number of aryl methyl sites for hydroxylation is 1. The summed E-state index contributed by atoms with van der Waals surface area (Å²) in [6.45, 7) is 8.15. The van der Waals surface area contributed by atoms with Crippen molar-refractivity contribution in [2.24, 2.45) is 17.3 Å². The Morgan fingerprint density at radius 1 is 0.807 bits per heavy atom. The SMILES string of the molecule is CC(=O)OC[C@]12[C@H](OC(C)=O)[C@H](OC(C)=O)C3[C@@H](OC(C)=O)C14O[C@@]3(C)COC(=O)c1cccnc1CCC(C)C(=O)OC([C@H](OC(C)=O)[C@@H]2OC(C)=O)[C@]4(C)O. The molecule has 1 N–H and O–H groups in total. The van der Waals surface area contributed by atoms with E-state index in [1.807, 2.05) is 0 Å². The van der Waals surface area contributed by atoms with Gasteiger partial charge in [-0.25, -0.2) is 4.79 Å². The minimum atomic E-state index is -2.80. The highest BCUT2D eigenvalue weighted by Gasteiger charge is 2.92. The summed E-state index contributed by atoms with van der Waals surface area (Å²) in [4.78, 5) is 111. The monoisotopic (exact) mass is 805 g/mol. The zero-order valence-corrected chi connectivity index (χ0v) is 33.0. The Morgan fingerprint density at radius 2 is 1.35 bits per heavy atom. The lowest BCUT2D eigenvalue weighted by molar-refractivity contribution is -0.386. The second-order valence-corrected chi connectivity index (χ2v) is 15.3. The van der Waals surface area contributed by atoms with E-state index in [1.54, 1.807) is 0 Å². The molecule has 1 spiro atoms. The molecule has 0 radical (unpaired) electrons. The van der Waals surface area contributed by atoms with Crippen molar-refractivity contribution in [2.45, 2.75) is 129 Å². The Bertz CT molecular complexity index is 1840.